The number of esters is 1. The number of thiazole rings is 1. The van der Waals surface area contributed by atoms with E-state index in [1.807, 2.05) is 54.6 Å². The molecule has 0 saturated heterocycles. The summed E-state index contributed by atoms with van der Waals surface area (Å²) >= 11 is 1.22. The third-order valence-corrected chi connectivity index (χ3v) is 4.78. The van der Waals surface area contributed by atoms with Gasteiger partial charge in [-0.2, -0.15) is 5.10 Å². The van der Waals surface area contributed by atoms with Crippen LogP contribution in [0.15, 0.2) is 59.7 Å². The van der Waals surface area contributed by atoms with Gasteiger partial charge in [-0.3, -0.25) is 5.43 Å². The summed E-state index contributed by atoms with van der Waals surface area (Å²) in [5.74, 6) is 0.403. The molecule has 1 heterocycles. The van der Waals surface area contributed by atoms with Gasteiger partial charge in [0.25, 0.3) is 0 Å². The van der Waals surface area contributed by atoms with Crippen LogP contribution >= 0.6 is 11.3 Å². The smallest absolute Gasteiger partial charge is 0.350 e. The second-order valence-corrected chi connectivity index (χ2v) is 6.87. The monoisotopic (exact) mass is 395 g/mol. The minimum Gasteiger partial charge on any atom is -0.489 e. The minimum absolute atomic E-state index is 0.333. The van der Waals surface area contributed by atoms with Crippen molar-refractivity contribution in [2.45, 2.75) is 20.5 Å². The zero-order chi connectivity index (χ0) is 19.8. The molecule has 0 spiro atoms. The molecule has 0 bridgehead atoms. The molecule has 0 radical (unpaired) electrons. The molecule has 1 aromatic heterocycles. The van der Waals surface area contributed by atoms with Gasteiger partial charge in [0.2, 0.25) is 5.13 Å². The van der Waals surface area contributed by atoms with Crippen LogP contribution in [-0.4, -0.2) is 23.8 Å². The number of hydrogen-bond donors (Lipinski definition) is 1. The van der Waals surface area contributed by atoms with E-state index in [1.54, 1.807) is 20.1 Å². The molecule has 0 aliphatic rings. The van der Waals surface area contributed by atoms with Crippen LogP contribution in [0.2, 0.25) is 0 Å². The maximum Gasteiger partial charge on any atom is 0.350 e. The third-order valence-electron chi connectivity index (χ3n) is 3.74. The first-order valence-electron chi connectivity index (χ1n) is 8.86. The summed E-state index contributed by atoms with van der Waals surface area (Å²) < 4.78 is 10.8. The average molecular weight is 395 g/mol. The van der Waals surface area contributed by atoms with Crippen LogP contribution in [0.25, 0.3) is 0 Å². The molecule has 144 valence electrons. The molecule has 0 aliphatic heterocycles. The Bertz CT molecular complexity index is 955. The van der Waals surface area contributed by atoms with Gasteiger partial charge in [-0.15, -0.1) is 0 Å². The predicted molar refractivity (Wildman–Crippen MR) is 111 cm³/mol. The lowest BCUT2D eigenvalue weighted by molar-refractivity contribution is 0.0531. The molecule has 0 atom stereocenters. The first-order valence-corrected chi connectivity index (χ1v) is 9.67. The Morgan fingerprint density at radius 2 is 2.04 bits per heavy atom. The van der Waals surface area contributed by atoms with Gasteiger partial charge in [0.05, 0.1) is 18.5 Å². The van der Waals surface area contributed by atoms with Crippen molar-refractivity contribution in [2.75, 3.05) is 12.0 Å². The fourth-order valence-electron chi connectivity index (χ4n) is 2.42. The summed E-state index contributed by atoms with van der Waals surface area (Å²) in [7, 11) is 0. The Hall–Kier alpha value is -3.19. The lowest BCUT2D eigenvalue weighted by Crippen LogP contribution is -2.03. The molecule has 2 aromatic carbocycles. The number of aromatic nitrogens is 1. The van der Waals surface area contributed by atoms with Crippen LogP contribution in [0.1, 0.15) is 33.4 Å². The van der Waals surface area contributed by atoms with Gasteiger partial charge < -0.3 is 9.47 Å². The largest absolute Gasteiger partial charge is 0.489 e. The fraction of sp³-hybridized carbons (Fsp3) is 0.190. The van der Waals surface area contributed by atoms with Crippen molar-refractivity contribution in [3.05, 3.63) is 76.3 Å². The lowest BCUT2D eigenvalue weighted by atomic mass is 10.2. The third kappa shape index (κ3) is 5.40. The molecule has 0 saturated carbocycles. The highest BCUT2D eigenvalue weighted by Crippen LogP contribution is 2.23. The number of nitrogens with one attached hydrogen (secondary N) is 1. The van der Waals surface area contributed by atoms with Gasteiger partial charge >= 0.3 is 5.97 Å². The molecule has 3 rings (SSSR count). The fourth-order valence-corrected chi connectivity index (χ4v) is 3.23. The van der Waals surface area contributed by atoms with Gasteiger partial charge in [0, 0.05) is 0 Å². The van der Waals surface area contributed by atoms with E-state index in [1.165, 1.54) is 11.3 Å². The van der Waals surface area contributed by atoms with E-state index in [2.05, 4.69) is 15.5 Å². The minimum atomic E-state index is -0.363. The Morgan fingerprint density at radius 1 is 1.21 bits per heavy atom. The SMILES string of the molecule is CCOC(=O)c1sc(N/N=C\c2cccc(OCc3ccccc3)c2)nc1C. The van der Waals surface area contributed by atoms with Gasteiger partial charge in [-0.05, 0) is 37.1 Å². The highest BCUT2D eigenvalue weighted by atomic mass is 32.1. The van der Waals surface area contributed by atoms with E-state index in [0.717, 1.165) is 16.9 Å². The van der Waals surface area contributed by atoms with Crippen LogP contribution in [0.4, 0.5) is 5.13 Å². The van der Waals surface area contributed by atoms with Crippen molar-refractivity contribution in [3.8, 4) is 5.75 Å². The van der Waals surface area contributed by atoms with Crippen molar-refractivity contribution >= 4 is 28.7 Å². The maximum absolute atomic E-state index is 11.8. The van der Waals surface area contributed by atoms with E-state index in [0.29, 0.717) is 28.9 Å². The molecule has 0 aliphatic carbocycles. The maximum atomic E-state index is 11.8. The van der Waals surface area contributed by atoms with Gasteiger partial charge in [-0.1, -0.05) is 53.8 Å². The van der Waals surface area contributed by atoms with E-state index in [4.69, 9.17) is 9.47 Å². The second-order valence-electron chi connectivity index (χ2n) is 5.87. The Morgan fingerprint density at radius 3 is 2.82 bits per heavy atom. The van der Waals surface area contributed by atoms with E-state index < -0.39 is 0 Å². The number of hydrogen-bond acceptors (Lipinski definition) is 7. The predicted octanol–water partition coefficient (Wildman–Crippen LogP) is 4.65. The second kappa shape index (κ2) is 9.66. The lowest BCUT2D eigenvalue weighted by Gasteiger charge is -2.06. The number of hydrazone groups is 1. The van der Waals surface area contributed by atoms with E-state index >= 15 is 0 Å². The molecule has 3 aromatic rings. The molecular formula is C21H21N3O3S. The number of carbonyl (C=O) groups is 1. The van der Waals surface area contributed by atoms with Crippen LogP contribution in [0.3, 0.4) is 0 Å². The summed E-state index contributed by atoms with van der Waals surface area (Å²) in [6.07, 6.45) is 1.68. The number of carbonyl (C=O) groups excluding carboxylic acids is 1. The normalized spacial score (nSPS) is 10.8. The molecule has 6 nitrogen and oxygen atoms in total. The van der Waals surface area contributed by atoms with Crippen LogP contribution < -0.4 is 10.2 Å². The van der Waals surface area contributed by atoms with Gasteiger partial charge in [0.1, 0.15) is 17.2 Å². The van der Waals surface area contributed by atoms with Gasteiger partial charge in [0.15, 0.2) is 0 Å². The van der Waals surface area contributed by atoms with Crippen molar-refractivity contribution < 1.29 is 14.3 Å². The standard InChI is InChI=1S/C21H21N3O3S/c1-3-26-20(25)19-15(2)23-21(28-19)24-22-13-17-10-7-11-18(12-17)27-14-16-8-5-4-6-9-16/h4-13H,3,14H2,1-2H3,(H,23,24)/b22-13-. The van der Waals surface area contributed by atoms with Crippen LogP contribution in [0, 0.1) is 6.92 Å². The van der Waals surface area contributed by atoms with Gasteiger partial charge in [-0.25, -0.2) is 9.78 Å². The quantitative estimate of drug-likeness (QED) is 0.341. The molecule has 0 fully saturated rings. The Kier molecular flexibility index (Phi) is 6.75. The molecule has 28 heavy (non-hydrogen) atoms. The first kappa shape index (κ1) is 19.6. The van der Waals surface area contributed by atoms with Crippen molar-refractivity contribution in [1.29, 1.82) is 0 Å². The summed E-state index contributed by atoms with van der Waals surface area (Å²) in [6.45, 7) is 4.38. The number of anilines is 1. The highest BCUT2D eigenvalue weighted by Gasteiger charge is 2.15. The zero-order valence-corrected chi connectivity index (χ0v) is 16.5. The molecule has 0 amide bonds. The summed E-state index contributed by atoms with van der Waals surface area (Å²) in [6, 6.07) is 17.7. The van der Waals surface area contributed by atoms with E-state index in [9.17, 15) is 4.79 Å². The number of aryl methyl sites for hydroxylation is 1. The molecule has 1 N–H and O–H groups in total. The topological polar surface area (TPSA) is 72.8 Å². The zero-order valence-electron chi connectivity index (χ0n) is 15.7. The number of benzene rings is 2. The van der Waals surface area contributed by atoms with Crippen molar-refractivity contribution in [1.82, 2.24) is 4.98 Å². The summed E-state index contributed by atoms with van der Waals surface area (Å²) in [5.41, 5.74) is 5.48. The Balaban J connectivity index is 1.59. The number of ether oxygens (including phenoxy) is 2. The van der Waals surface area contributed by atoms with E-state index in [-0.39, 0.29) is 5.97 Å². The number of nitrogens with zero attached hydrogens (tertiary/aromatic N) is 2. The van der Waals surface area contributed by atoms with Crippen LogP contribution in [-0.2, 0) is 11.3 Å². The molecular weight excluding hydrogens is 374 g/mol. The van der Waals surface area contributed by atoms with Crippen molar-refractivity contribution in [2.24, 2.45) is 5.10 Å². The van der Waals surface area contributed by atoms with Crippen LogP contribution in [0.5, 0.6) is 5.75 Å². The molecule has 7 heteroatoms. The first-order chi connectivity index (χ1) is 13.7. The van der Waals surface area contributed by atoms with Crippen molar-refractivity contribution in [3.63, 3.8) is 0 Å². The molecule has 0 unspecified atom stereocenters. The number of rotatable bonds is 8. The Labute approximate surface area is 167 Å². The average Bonchev–Trinajstić information content (AvgIpc) is 3.08. The summed E-state index contributed by atoms with van der Waals surface area (Å²) in [4.78, 5) is 16.6. The highest BCUT2D eigenvalue weighted by molar-refractivity contribution is 7.17. The summed E-state index contributed by atoms with van der Waals surface area (Å²) in [5, 5.41) is 4.73.